The summed E-state index contributed by atoms with van der Waals surface area (Å²) in [7, 11) is 0. The largest absolute Gasteiger partial charge is 0.488 e. The van der Waals surface area contributed by atoms with Gasteiger partial charge in [-0.15, -0.1) is 0 Å². The van der Waals surface area contributed by atoms with Gasteiger partial charge in [0.1, 0.15) is 35.2 Å². The molecule has 0 aliphatic heterocycles. The average Bonchev–Trinajstić information content (AvgIpc) is 3.05. The SMILES string of the molecule is CC(Oc1ccc(Oc2ccc(I)cc2)cc1)C(N=O)C1CCCC1=O. The van der Waals surface area contributed by atoms with Crippen LogP contribution in [-0.2, 0) is 4.79 Å². The number of nitroso groups, excluding NO2 is 1. The molecule has 6 heteroatoms. The van der Waals surface area contributed by atoms with E-state index in [-0.39, 0.29) is 11.7 Å². The van der Waals surface area contributed by atoms with Gasteiger partial charge in [-0.25, -0.2) is 0 Å². The quantitative estimate of drug-likeness (QED) is 0.408. The Kier molecular flexibility index (Phi) is 6.24. The predicted octanol–water partition coefficient (Wildman–Crippen LogP) is 5.36. The molecule has 0 radical (unpaired) electrons. The van der Waals surface area contributed by atoms with Gasteiger partial charge in [-0.2, -0.15) is 4.91 Å². The number of rotatable bonds is 7. The number of Topliss-reactive ketones (excluding diaryl/α,β-unsaturated/α-hetero) is 1. The maximum Gasteiger partial charge on any atom is 0.138 e. The van der Waals surface area contributed by atoms with Crippen molar-refractivity contribution in [3.8, 4) is 17.2 Å². The molecule has 0 aromatic heterocycles. The molecule has 136 valence electrons. The lowest BCUT2D eigenvalue weighted by Crippen LogP contribution is -2.35. The highest BCUT2D eigenvalue weighted by molar-refractivity contribution is 14.1. The average molecular weight is 465 g/mol. The zero-order valence-electron chi connectivity index (χ0n) is 14.4. The maximum absolute atomic E-state index is 11.9. The minimum Gasteiger partial charge on any atom is -0.488 e. The molecule has 1 fully saturated rings. The van der Waals surface area contributed by atoms with Crippen molar-refractivity contribution < 1.29 is 14.3 Å². The van der Waals surface area contributed by atoms with Gasteiger partial charge in [-0.1, -0.05) is 5.18 Å². The van der Waals surface area contributed by atoms with E-state index in [1.165, 1.54) is 0 Å². The smallest absolute Gasteiger partial charge is 0.138 e. The van der Waals surface area contributed by atoms with Gasteiger partial charge in [0.15, 0.2) is 0 Å². The zero-order chi connectivity index (χ0) is 18.5. The monoisotopic (exact) mass is 465 g/mol. The molecule has 3 rings (SSSR count). The fraction of sp³-hybridized carbons (Fsp3) is 0.350. The lowest BCUT2D eigenvalue weighted by atomic mass is 9.94. The first-order chi connectivity index (χ1) is 12.6. The van der Waals surface area contributed by atoms with Gasteiger partial charge in [0.2, 0.25) is 0 Å². The van der Waals surface area contributed by atoms with Crippen molar-refractivity contribution in [3.63, 3.8) is 0 Å². The molecule has 0 heterocycles. The third kappa shape index (κ3) is 4.60. The molecule has 5 nitrogen and oxygen atoms in total. The number of ketones is 1. The highest BCUT2D eigenvalue weighted by atomic mass is 127. The van der Waals surface area contributed by atoms with Gasteiger partial charge < -0.3 is 9.47 Å². The molecule has 1 saturated carbocycles. The zero-order valence-corrected chi connectivity index (χ0v) is 16.6. The van der Waals surface area contributed by atoms with E-state index in [0.717, 1.165) is 15.7 Å². The van der Waals surface area contributed by atoms with E-state index >= 15 is 0 Å². The van der Waals surface area contributed by atoms with Crippen LogP contribution in [-0.4, -0.2) is 17.9 Å². The van der Waals surface area contributed by atoms with Crippen LogP contribution in [0.25, 0.3) is 0 Å². The Labute approximate surface area is 166 Å². The molecule has 1 aliphatic rings. The summed E-state index contributed by atoms with van der Waals surface area (Å²) in [5, 5.41) is 3.18. The summed E-state index contributed by atoms with van der Waals surface area (Å²) in [6.45, 7) is 1.79. The number of benzene rings is 2. The summed E-state index contributed by atoms with van der Waals surface area (Å²) in [4.78, 5) is 23.1. The van der Waals surface area contributed by atoms with Crippen LogP contribution in [0.3, 0.4) is 0 Å². The van der Waals surface area contributed by atoms with E-state index in [4.69, 9.17) is 9.47 Å². The highest BCUT2D eigenvalue weighted by Crippen LogP contribution is 2.30. The van der Waals surface area contributed by atoms with Crippen LogP contribution in [0.5, 0.6) is 17.2 Å². The minimum absolute atomic E-state index is 0.117. The number of halogens is 1. The topological polar surface area (TPSA) is 65.0 Å². The number of carbonyl (C=O) groups is 1. The van der Waals surface area contributed by atoms with E-state index in [2.05, 4.69) is 27.8 Å². The molecule has 3 unspecified atom stereocenters. The van der Waals surface area contributed by atoms with E-state index in [1.54, 1.807) is 19.1 Å². The van der Waals surface area contributed by atoms with Gasteiger partial charge in [0, 0.05) is 15.9 Å². The molecule has 3 atom stereocenters. The Bertz CT molecular complexity index is 760. The molecule has 0 amide bonds. The second kappa shape index (κ2) is 8.62. The number of hydrogen-bond acceptors (Lipinski definition) is 5. The van der Waals surface area contributed by atoms with Crippen LogP contribution in [0.1, 0.15) is 26.2 Å². The Balaban J connectivity index is 1.61. The molecule has 0 bridgehead atoms. The predicted molar refractivity (Wildman–Crippen MR) is 108 cm³/mol. The summed E-state index contributed by atoms with van der Waals surface area (Å²) >= 11 is 2.24. The van der Waals surface area contributed by atoms with Crippen molar-refractivity contribution in [3.05, 3.63) is 57.0 Å². The fourth-order valence-electron chi connectivity index (χ4n) is 3.20. The van der Waals surface area contributed by atoms with E-state index in [9.17, 15) is 9.70 Å². The Hall–Kier alpha value is -1.96. The molecular weight excluding hydrogens is 445 g/mol. The van der Waals surface area contributed by atoms with Gasteiger partial charge in [-0.3, -0.25) is 4.79 Å². The molecule has 0 saturated heterocycles. The lowest BCUT2D eigenvalue weighted by Gasteiger charge is -2.23. The normalized spacial score (nSPS) is 19.0. The van der Waals surface area contributed by atoms with Gasteiger partial charge in [0.05, 0.1) is 0 Å². The van der Waals surface area contributed by atoms with Crippen LogP contribution in [0, 0.1) is 14.4 Å². The molecular formula is C20H20INO4. The third-order valence-electron chi connectivity index (χ3n) is 4.56. The van der Waals surface area contributed by atoms with Crippen LogP contribution in [0.15, 0.2) is 53.7 Å². The molecule has 2 aromatic rings. The minimum atomic E-state index is -0.646. The summed E-state index contributed by atoms with van der Waals surface area (Å²) in [6, 6.07) is 14.3. The van der Waals surface area contributed by atoms with Crippen LogP contribution in [0.2, 0.25) is 0 Å². The first-order valence-electron chi connectivity index (χ1n) is 8.62. The second-order valence-corrected chi connectivity index (χ2v) is 7.66. The molecule has 2 aromatic carbocycles. The van der Waals surface area contributed by atoms with Crippen LogP contribution < -0.4 is 9.47 Å². The van der Waals surface area contributed by atoms with E-state index in [0.29, 0.717) is 24.3 Å². The van der Waals surface area contributed by atoms with Crippen LogP contribution in [0.4, 0.5) is 0 Å². The maximum atomic E-state index is 11.9. The van der Waals surface area contributed by atoms with Crippen molar-refractivity contribution in [1.82, 2.24) is 0 Å². The van der Waals surface area contributed by atoms with Crippen molar-refractivity contribution in [2.75, 3.05) is 0 Å². The first kappa shape index (κ1) is 18.8. The molecule has 0 spiro atoms. The summed E-state index contributed by atoms with van der Waals surface area (Å²) in [6.07, 6.45) is 1.62. The molecule has 1 aliphatic carbocycles. The Morgan fingerprint density at radius 1 is 1.04 bits per heavy atom. The molecule has 26 heavy (non-hydrogen) atoms. The third-order valence-corrected chi connectivity index (χ3v) is 5.28. The van der Waals surface area contributed by atoms with E-state index < -0.39 is 12.1 Å². The first-order valence-corrected chi connectivity index (χ1v) is 9.70. The standard InChI is InChI=1S/C20H20INO4/c1-13(20(22-24)18-3-2-4-19(18)23)25-15-9-11-17(12-10-15)26-16-7-5-14(21)6-8-16/h5-13,18,20H,2-4H2,1H3. The summed E-state index contributed by atoms with van der Waals surface area (Å²) < 4.78 is 12.8. The Morgan fingerprint density at radius 3 is 2.15 bits per heavy atom. The van der Waals surface area contributed by atoms with Crippen molar-refractivity contribution in [2.24, 2.45) is 11.1 Å². The lowest BCUT2D eigenvalue weighted by molar-refractivity contribution is -0.121. The Morgan fingerprint density at radius 2 is 1.62 bits per heavy atom. The molecule has 0 N–H and O–H groups in total. The highest BCUT2D eigenvalue weighted by Gasteiger charge is 2.37. The van der Waals surface area contributed by atoms with Crippen molar-refractivity contribution >= 4 is 28.4 Å². The summed E-state index contributed by atoms with van der Waals surface area (Å²) in [5.41, 5.74) is 0. The number of ether oxygens (including phenoxy) is 2. The van der Waals surface area contributed by atoms with Gasteiger partial charge in [-0.05, 0) is 90.9 Å². The fourth-order valence-corrected chi connectivity index (χ4v) is 3.56. The number of nitrogens with zero attached hydrogens (tertiary/aromatic N) is 1. The number of carbonyl (C=O) groups excluding carboxylic acids is 1. The van der Waals surface area contributed by atoms with E-state index in [1.807, 2.05) is 36.4 Å². The second-order valence-electron chi connectivity index (χ2n) is 6.41. The van der Waals surface area contributed by atoms with Gasteiger partial charge in [0.25, 0.3) is 0 Å². The van der Waals surface area contributed by atoms with Crippen LogP contribution >= 0.6 is 22.6 Å². The van der Waals surface area contributed by atoms with Gasteiger partial charge >= 0.3 is 0 Å². The number of hydrogen-bond donors (Lipinski definition) is 0. The van der Waals surface area contributed by atoms with Crippen molar-refractivity contribution in [2.45, 2.75) is 38.3 Å². The van der Waals surface area contributed by atoms with Crippen molar-refractivity contribution in [1.29, 1.82) is 0 Å². The summed E-state index contributed by atoms with van der Waals surface area (Å²) in [5.74, 6) is 1.88.